The van der Waals surface area contributed by atoms with E-state index in [-0.39, 0.29) is 17.3 Å². The molecule has 9 heteroatoms. The molecule has 0 bridgehead atoms. The average molecular weight is 315 g/mol. The van der Waals surface area contributed by atoms with Crippen molar-refractivity contribution in [2.24, 2.45) is 5.14 Å². The molecule has 0 unspecified atom stereocenters. The van der Waals surface area contributed by atoms with Crippen LogP contribution in [0.5, 0.6) is 0 Å². The van der Waals surface area contributed by atoms with E-state index < -0.39 is 16.1 Å². The molecule has 0 radical (unpaired) electrons. The van der Waals surface area contributed by atoms with E-state index in [1.54, 1.807) is 12.1 Å². The maximum Gasteiger partial charge on any atom is 0.407 e. The fraction of sp³-hybridized carbons (Fsp3) is 0.333. The SMILES string of the molecule is COC(=O)NCC(=O)NCCc1ccc(S(N)(=O)=O)cc1. The van der Waals surface area contributed by atoms with Crippen molar-refractivity contribution >= 4 is 22.0 Å². The van der Waals surface area contributed by atoms with Crippen LogP contribution in [0.25, 0.3) is 0 Å². The number of sulfonamides is 1. The van der Waals surface area contributed by atoms with Gasteiger partial charge in [-0.2, -0.15) is 0 Å². The fourth-order valence-corrected chi connectivity index (χ4v) is 1.99. The smallest absolute Gasteiger partial charge is 0.407 e. The van der Waals surface area contributed by atoms with Crippen molar-refractivity contribution in [2.45, 2.75) is 11.3 Å². The van der Waals surface area contributed by atoms with Crippen LogP contribution in [0.1, 0.15) is 5.56 Å². The normalized spacial score (nSPS) is 10.8. The third-order valence-corrected chi connectivity index (χ3v) is 3.50. The zero-order valence-corrected chi connectivity index (χ0v) is 12.3. The Hall–Kier alpha value is -2.13. The van der Waals surface area contributed by atoms with E-state index in [9.17, 15) is 18.0 Å². The molecule has 1 aromatic rings. The van der Waals surface area contributed by atoms with Gasteiger partial charge in [0, 0.05) is 6.54 Å². The van der Waals surface area contributed by atoms with E-state index in [1.807, 2.05) is 0 Å². The van der Waals surface area contributed by atoms with Gasteiger partial charge < -0.3 is 15.4 Å². The molecule has 0 fully saturated rings. The van der Waals surface area contributed by atoms with Crippen LogP contribution in [-0.4, -0.2) is 40.6 Å². The predicted octanol–water partition coefficient (Wildman–Crippen LogP) is -0.651. The van der Waals surface area contributed by atoms with E-state index in [0.717, 1.165) is 5.56 Å². The maximum absolute atomic E-state index is 11.4. The Morgan fingerprint density at radius 1 is 1.19 bits per heavy atom. The zero-order valence-electron chi connectivity index (χ0n) is 11.5. The standard InChI is InChI=1S/C12H17N3O5S/c1-20-12(17)15-8-11(16)14-7-6-9-2-4-10(5-3-9)21(13,18)19/h2-5H,6-8H2,1H3,(H,14,16)(H,15,17)(H2,13,18,19). The minimum Gasteiger partial charge on any atom is -0.453 e. The minimum atomic E-state index is -3.69. The Bertz CT molecular complexity index is 598. The van der Waals surface area contributed by atoms with Gasteiger partial charge in [-0.15, -0.1) is 0 Å². The number of ether oxygens (including phenoxy) is 1. The van der Waals surface area contributed by atoms with Gasteiger partial charge >= 0.3 is 6.09 Å². The number of primary sulfonamides is 1. The summed E-state index contributed by atoms with van der Waals surface area (Å²) in [5.41, 5.74) is 0.851. The summed E-state index contributed by atoms with van der Waals surface area (Å²) in [6.07, 6.45) is -0.154. The van der Waals surface area contributed by atoms with Crippen LogP contribution in [0.2, 0.25) is 0 Å². The highest BCUT2D eigenvalue weighted by Gasteiger charge is 2.07. The molecule has 0 saturated carbocycles. The first-order chi connectivity index (χ1) is 9.82. The summed E-state index contributed by atoms with van der Waals surface area (Å²) in [6, 6.07) is 6.06. The third-order valence-electron chi connectivity index (χ3n) is 2.57. The molecule has 0 atom stereocenters. The highest BCUT2D eigenvalue weighted by atomic mass is 32.2. The number of rotatable bonds is 6. The lowest BCUT2D eigenvalue weighted by atomic mass is 10.1. The van der Waals surface area contributed by atoms with Crippen molar-refractivity contribution in [3.63, 3.8) is 0 Å². The van der Waals surface area contributed by atoms with Gasteiger partial charge in [-0.3, -0.25) is 4.79 Å². The molecule has 4 N–H and O–H groups in total. The molecule has 0 aliphatic rings. The van der Waals surface area contributed by atoms with Crippen molar-refractivity contribution in [1.82, 2.24) is 10.6 Å². The summed E-state index contributed by atoms with van der Waals surface area (Å²) < 4.78 is 26.5. The first-order valence-electron chi connectivity index (χ1n) is 6.03. The molecular weight excluding hydrogens is 298 g/mol. The van der Waals surface area contributed by atoms with Crippen LogP contribution < -0.4 is 15.8 Å². The Morgan fingerprint density at radius 2 is 1.81 bits per heavy atom. The van der Waals surface area contributed by atoms with E-state index in [1.165, 1.54) is 19.2 Å². The van der Waals surface area contributed by atoms with Gasteiger partial charge in [0.05, 0.1) is 18.6 Å². The van der Waals surface area contributed by atoms with Gasteiger partial charge in [0.2, 0.25) is 15.9 Å². The summed E-state index contributed by atoms with van der Waals surface area (Å²) >= 11 is 0. The highest BCUT2D eigenvalue weighted by molar-refractivity contribution is 7.89. The van der Waals surface area contributed by atoms with E-state index >= 15 is 0 Å². The molecule has 2 amide bonds. The van der Waals surface area contributed by atoms with Gasteiger partial charge in [-0.05, 0) is 24.1 Å². The van der Waals surface area contributed by atoms with Crippen LogP contribution in [0.15, 0.2) is 29.2 Å². The summed E-state index contributed by atoms with van der Waals surface area (Å²) in [6.45, 7) is 0.188. The first kappa shape index (κ1) is 16.9. The molecule has 0 aliphatic heterocycles. The summed E-state index contributed by atoms with van der Waals surface area (Å²) in [5, 5.41) is 9.84. The Balaban J connectivity index is 2.36. The molecule has 0 aromatic heterocycles. The lowest BCUT2D eigenvalue weighted by molar-refractivity contribution is -0.120. The quantitative estimate of drug-likeness (QED) is 0.642. The van der Waals surface area contributed by atoms with Gasteiger partial charge in [-0.1, -0.05) is 12.1 Å². The number of hydrogen-bond donors (Lipinski definition) is 3. The molecule has 1 aromatic carbocycles. The number of methoxy groups -OCH3 is 1. The number of nitrogens with two attached hydrogens (primary N) is 1. The number of alkyl carbamates (subject to hydrolysis) is 1. The number of carbonyl (C=O) groups is 2. The molecular formula is C12H17N3O5S. The van der Waals surface area contributed by atoms with Gasteiger partial charge in [0.15, 0.2) is 0 Å². The lowest BCUT2D eigenvalue weighted by Crippen LogP contribution is -2.37. The highest BCUT2D eigenvalue weighted by Crippen LogP contribution is 2.08. The number of nitrogens with one attached hydrogen (secondary N) is 2. The third kappa shape index (κ3) is 6.23. The second-order valence-electron chi connectivity index (χ2n) is 4.13. The monoisotopic (exact) mass is 315 g/mol. The zero-order chi connectivity index (χ0) is 15.9. The number of carbonyl (C=O) groups excluding carboxylic acids is 2. The van der Waals surface area contributed by atoms with E-state index in [2.05, 4.69) is 15.4 Å². The maximum atomic E-state index is 11.4. The van der Waals surface area contributed by atoms with Crippen LogP contribution in [-0.2, 0) is 26.0 Å². The minimum absolute atomic E-state index is 0.0394. The average Bonchev–Trinajstić information content (AvgIpc) is 2.44. The van der Waals surface area contributed by atoms with Gasteiger partial charge in [0.1, 0.15) is 0 Å². The number of benzene rings is 1. The molecule has 1 rings (SSSR count). The molecule has 0 aliphatic carbocycles. The number of amides is 2. The van der Waals surface area contributed by atoms with Crippen LogP contribution >= 0.6 is 0 Å². The van der Waals surface area contributed by atoms with Crippen LogP contribution in [0, 0.1) is 0 Å². The predicted molar refractivity (Wildman–Crippen MR) is 74.9 cm³/mol. The topological polar surface area (TPSA) is 128 Å². The Morgan fingerprint density at radius 3 is 2.33 bits per heavy atom. The first-order valence-corrected chi connectivity index (χ1v) is 7.58. The summed E-state index contributed by atoms with van der Waals surface area (Å²) in [4.78, 5) is 22.2. The summed E-state index contributed by atoms with van der Waals surface area (Å²) in [5.74, 6) is -0.346. The molecule has 116 valence electrons. The Kier molecular flexibility index (Phi) is 6.12. The fourth-order valence-electron chi connectivity index (χ4n) is 1.48. The van der Waals surface area contributed by atoms with Gasteiger partial charge in [-0.25, -0.2) is 18.4 Å². The number of hydrogen-bond acceptors (Lipinski definition) is 5. The van der Waals surface area contributed by atoms with Crippen LogP contribution in [0.3, 0.4) is 0 Å². The van der Waals surface area contributed by atoms with E-state index in [4.69, 9.17) is 5.14 Å². The summed E-state index contributed by atoms with van der Waals surface area (Å²) in [7, 11) is -2.49. The largest absolute Gasteiger partial charge is 0.453 e. The van der Waals surface area contributed by atoms with Crippen molar-refractivity contribution < 1.29 is 22.7 Å². The van der Waals surface area contributed by atoms with Crippen molar-refractivity contribution in [3.8, 4) is 0 Å². The van der Waals surface area contributed by atoms with Crippen LogP contribution in [0.4, 0.5) is 4.79 Å². The second kappa shape index (κ2) is 7.60. The second-order valence-corrected chi connectivity index (χ2v) is 5.70. The van der Waals surface area contributed by atoms with Crippen molar-refractivity contribution in [1.29, 1.82) is 0 Å². The molecule has 0 spiro atoms. The van der Waals surface area contributed by atoms with Crippen molar-refractivity contribution in [2.75, 3.05) is 20.2 Å². The molecule has 8 nitrogen and oxygen atoms in total. The van der Waals surface area contributed by atoms with E-state index in [0.29, 0.717) is 13.0 Å². The van der Waals surface area contributed by atoms with Crippen molar-refractivity contribution in [3.05, 3.63) is 29.8 Å². The Labute approximate surface area is 122 Å². The molecule has 21 heavy (non-hydrogen) atoms. The molecule has 0 heterocycles. The molecule has 0 saturated heterocycles. The lowest BCUT2D eigenvalue weighted by Gasteiger charge is -2.06. The van der Waals surface area contributed by atoms with Gasteiger partial charge in [0.25, 0.3) is 0 Å².